The number of carboxylic acid groups (broad SMARTS) is 1. The Morgan fingerprint density at radius 2 is 2.11 bits per heavy atom. The predicted molar refractivity (Wildman–Crippen MR) is 65.0 cm³/mol. The van der Waals surface area contributed by atoms with Crippen molar-refractivity contribution in [3.63, 3.8) is 0 Å². The van der Waals surface area contributed by atoms with E-state index in [4.69, 9.17) is 9.84 Å². The van der Waals surface area contributed by atoms with E-state index in [1.165, 1.54) is 0 Å². The Kier molecular flexibility index (Phi) is 4.22. The van der Waals surface area contributed by atoms with Crippen molar-refractivity contribution in [1.82, 2.24) is 5.32 Å². The van der Waals surface area contributed by atoms with Crippen LogP contribution < -0.4 is 5.32 Å². The first-order chi connectivity index (χ1) is 8.58. The quantitative estimate of drug-likeness (QED) is 0.769. The number of hydrogen-bond acceptors (Lipinski definition) is 3. The van der Waals surface area contributed by atoms with Crippen molar-refractivity contribution in [2.45, 2.75) is 38.6 Å². The van der Waals surface area contributed by atoms with E-state index in [-0.39, 0.29) is 17.7 Å². The molecule has 1 saturated heterocycles. The molecule has 18 heavy (non-hydrogen) atoms. The minimum atomic E-state index is -0.921. The highest BCUT2D eigenvalue weighted by Gasteiger charge is 2.34. The summed E-state index contributed by atoms with van der Waals surface area (Å²) in [5, 5.41) is 11.8. The number of ether oxygens (including phenoxy) is 1. The molecule has 1 amide bonds. The number of carbonyl (C=O) groups excluding carboxylic acids is 1. The SMILES string of the molecule is CC1COCCC1C(=O)N[C@@H](CC1CC1)C(=O)O. The van der Waals surface area contributed by atoms with Crippen LogP contribution in [0.3, 0.4) is 0 Å². The first-order valence-electron chi connectivity index (χ1n) is 6.69. The van der Waals surface area contributed by atoms with Gasteiger partial charge in [0.1, 0.15) is 6.04 Å². The molecule has 3 atom stereocenters. The van der Waals surface area contributed by atoms with E-state index in [0.29, 0.717) is 32.0 Å². The van der Waals surface area contributed by atoms with Gasteiger partial charge in [-0.2, -0.15) is 0 Å². The fourth-order valence-electron chi connectivity index (χ4n) is 2.46. The summed E-state index contributed by atoms with van der Waals surface area (Å²) >= 11 is 0. The van der Waals surface area contributed by atoms with Crippen LogP contribution >= 0.6 is 0 Å². The normalized spacial score (nSPS) is 29.6. The van der Waals surface area contributed by atoms with Crippen molar-refractivity contribution in [3.8, 4) is 0 Å². The van der Waals surface area contributed by atoms with Gasteiger partial charge in [0.25, 0.3) is 0 Å². The zero-order valence-electron chi connectivity index (χ0n) is 10.7. The second-order valence-electron chi connectivity index (χ2n) is 5.53. The number of rotatable bonds is 5. The molecule has 1 saturated carbocycles. The predicted octanol–water partition coefficient (Wildman–Crippen LogP) is 1.03. The fraction of sp³-hybridized carbons (Fsp3) is 0.846. The van der Waals surface area contributed by atoms with Crippen LogP contribution in [0, 0.1) is 17.8 Å². The average Bonchev–Trinajstić information content (AvgIpc) is 3.12. The highest BCUT2D eigenvalue weighted by atomic mass is 16.5. The van der Waals surface area contributed by atoms with Crippen molar-refractivity contribution in [1.29, 1.82) is 0 Å². The van der Waals surface area contributed by atoms with Crippen molar-refractivity contribution in [2.24, 2.45) is 17.8 Å². The summed E-state index contributed by atoms with van der Waals surface area (Å²) < 4.78 is 5.29. The Hall–Kier alpha value is -1.10. The van der Waals surface area contributed by atoms with Crippen LogP contribution in [0.1, 0.15) is 32.6 Å². The number of aliphatic carboxylic acids is 1. The molecule has 0 bridgehead atoms. The summed E-state index contributed by atoms with van der Waals surface area (Å²) in [6.07, 6.45) is 3.43. The van der Waals surface area contributed by atoms with Crippen LogP contribution in [0.2, 0.25) is 0 Å². The van der Waals surface area contributed by atoms with Crippen molar-refractivity contribution in [3.05, 3.63) is 0 Å². The van der Waals surface area contributed by atoms with E-state index in [1.807, 2.05) is 6.92 Å². The molecule has 0 spiro atoms. The Labute approximate surface area is 107 Å². The number of amides is 1. The standard InChI is InChI=1S/C13H21NO4/c1-8-7-18-5-4-10(8)12(15)14-11(13(16)17)6-9-2-3-9/h8-11H,2-7H2,1H3,(H,14,15)(H,16,17)/t8?,10?,11-/m0/s1. The lowest BCUT2D eigenvalue weighted by Gasteiger charge is -2.29. The van der Waals surface area contributed by atoms with Gasteiger partial charge in [0.15, 0.2) is 0 Å². The number of carboxylic acids is 1. The van der Waals surface area contributed by atoms with Gasteiger partial charge in [-0.25, -0.2) is 4.79 Å². The molecule has 102 valence electrons. The summed E-state index contributed by atoms with van der Waals surface area (Å²) in [7, 11) is 0. The van der Waals surface area contributed by atoms with Crippen LogP contribution in [-0.4, -0.2) is 36.2 Å². The van der Waals surface area contributed by atoms with E-state index in [2.05, 4.69) is 5.32 Å². The van der Waals surface area contributed by atoms with Crippen LogP contribution in [0.4, 0.5) is 0 Å². The molecule has 1 aliphatic carbocycles. The average molecular weight is 255 g/mol. The van der Waals surface area contributed by atoms with Gasteiger partial charge in [0, 0.05) is 19.1 Å². The van der Waals surface area contributed by atoms with Crippen LogP contribution in [0.15, 0.2) is 0 Å². The molecule has 2 fully saturated rings. The molecule has 5 nitrogen and oxygen atoms in total. The first kappa shape index (κ1) is 13.3. The van der Waals surface area contributed by atoms with Gasteiger partial charge in [0.05, 0.1) is 0 Å². The Morgan fingerprint density at radius 3 is 2.67 bits per heavy atom. The minimum absolute atomic E-state index is 0.111. The maximum atomic E-state index is 12.1. The maximum absolute atomic E-state index is 12.1. The summed E-state index contributed by atoms with van der Waals surface area (Å²) in [4.78, 5) is 23.2. The molecule has 0 aromatic rings. The van der Waals surface area contributed by atoms with Crippen LogP contribution in [0.25, 0.3) is 0 Å². The molecule has 2 N–H and O–H groups in total. The van der Waals surface area contributed by atoms with E-state index in [0.717, 1.165) is 12.8 Å². The van der Waals surface area contributed by atoms with Crippen molar-refractivity contribution < 1.29 is 19.4 Å². The number of carbonyl (C=O) groups is 2. The molecule has 2 unspecified atom stereocenters. The second kappa shape index (κ2) is 5.69. The Bertz CT molecular complexity index is 327. The Morgan fingerprint density at radius 1 is 1.39 bits per heavy atom. The van der Waals surface area contributed by atoms with Gasteiger partial charge in [-0.15, -0.1) is 0 Å². The van der Waals surface area contributed by atoms with Gasteiger partial charge in [0.2, 0.25) is 5.91 Å². The molecule has 5 heteroatoms. The molecule has 0 radical (unpaired) electrons. The summed E-state index contributed by atoms with van der Waals surface area (Å²) in [5.41, 5.74) is 0. The zero-order chi connectivity index (χ0) is 13.1. The molecule has 2 aliphatic rings. The Balaban J connectivity index is 1.88. The topological polar surface area (TPSA) is 75.6 Å². The molecular weight excluding hydrogens is 234 g/mol. The fourth-order valence-corrected chi connectivity index (χ4v) is 2.46. The van der Waals surface area contributed by atoms with Gasteiger partial charge < -0.3 is 15.2 Å². The van der Waals surface area contributed by atoms with Gasteiger partial charge in [-0.3, -0.25) is 4.79 Å². The van der Waals surface area contributed by atoms with Gasteiger partial charge in [-0.05, 0) is 24.7 Å². The lowest BCUT2D eigenvalue weighted by molar-refractivity contribution is -0.144. The minimum Gasteiger partial charge on any atom is -0.480 e. The molecule has 1 aliphatic heterocycles. The molecule has 0 aromatic carbocycles. The maximum Gasteiger partial charge on any atom is 0.326 e. The summed E-state index contributed by atoms with van der Waals surface area (Å²) in [6.45, 7) is 3.14. The third-order valence-electron chi connectivity index (χ3n) is 3.86. The molecule has 0 aromatic heterocycles. The van der Waals surface area contributed by atoms with Gasteiger partial charge >= 0.3 is 5.97 Å². The molecular formula is C13H21NO4. The summed E-state index contributed by atoms with van der Waals surface area (Å²) in [5.74, 6) is -0.513. The zero-order valence-corrected chi connectivity index (χ0v) is 10.7. The second-order valence-corrected chi connectivity index (χ2v) is 5.53. The number of hydrogen-bond donors (Lipinski definition) is 2. The van der Waals surface area contributed by atoms with E-state index in [1.54, 1.807) is 0 Å². The highest BCUT2D eigenvalue weighted by molar-refractivity contribution is 5.85. The van der Waals surface area contributed by atoms with Crippen LogP contribution in [0.5, 0.6) is 0 Å². The largest absolute Gasteiger partial charge is 0.480 e. The van der Waals surface area contributed by atoms with Crippen LogP contribution in [-0.2, 0) is 14.3 Å². The van der Waals surface area contributed by atoms with E-state index < -0.39 is 12.0 Å². The smallest absolute Gasteiger partial charge is 0.326 e. The molecule has 1 heterocycles. The van der Waals surface area contributed by atoms with Gasteiger partial charge in [-0.1, -0.05) is 19.8 Å². The molecule has 2 rings (SSSR count). The lowest BCUT2D eigenvalue weighted by Crippen LogP contribution is -2.47. The van der Waals surface area contributed by atoms with E-state index >= 15 is 0 Å². The third-order valence-corrected chi connectivity index (χ3v) is 3.86. The van der Waals surface area contributed by atoms with Crippen molar-refractivity contribution >= 4 is 11.9 Å². The monoisotopic (exact) mass is 255 g/mol. The van der Waals surface area contributed by atoms with E-state index in [9.17, 15) is 9.59 Å². The van der Waals surface area contributed by atoms with Crippen molar-refractivity contribution in [2.75, 3.05) is 13.2 Å². The first-order valence-corrected chi connectivity index (χ1v) is 6.69. The third kappa shape index (κ3) is 3.45. The lowest BCUT2D eigenvalue weighted by atomic mass is 9.89. The highest BCUT2D eigenvalue weighted by Crippen LogP contribution is 2.33. The number of nitrogens with one attached hydrogen (secondary N) is 1. The summed E-state index contributed by atoms with van der Waals surface area (Å²) in [6, 6.07) is -0.722.